The van der Waals surface area contributed by atoms with Crippen LogP contribution in [0.1, 0.15) is 33.1 Å². The maximum Gasteiger partial charge on any atom is 0.147 e. The van der Waals surface area contributed by atoms with Gasteiger partial charge in [-0.2, -0.15) is 0 Å². The SMILES string of the molecule is CCC(CC)(C(N)CCS(C)(=O)=O)N(C)C. The molecule has 0 spiro atoms. The van der Waals surface area contributed by atoms with E-state index in [1.165, 1.54) is 6.26 Å². The molecule has 0 fully saturated rings. The van der Waals surface area contributed by atoms with Gasteiger partial charge in [-0.1, -0.05) is 13.8 Å². The van der Waals surface area contributed by atoms with Crippen LogP contribution in [0.5, 0.6) is 0 Å². The highest BCUT2D eigenvalue weighted by molar-refractivity contribution is 7.90. The van der Waals surface area contributed by atoms with E-state index in [2.05, 4.69) is 18.7 Å². The van der Waals surface area contributed by atoms with E-state index in [0.29, 0.717) is 6.42 Å². The van der Waals surface area contributed by atoms with Gasteiger partial charge in [0.2, 0.25) is 0 Å². The lowest BCUT2D eigenvalue weighted by molar-refractivity contribution is 0.104. The summed E-state index contributed by atoms with van der Waals surface area (Å²) in [5.74, 6) is 0.170. The summed E-state index contributed by atoms with van der Waals surface area (Å²) in [6.45, 7) is 4.20. The van der Waals surface area contributed by atoms with Crippen molar-refractivity contribution in [1.29, 1.82) is 0 Å². The molecule has 2 N–H and O–H groups in total. The fourth-order valence-corrected chi connectivity index (χ4v) is 3.03. The summed E-state index contributed by atoms with van der Waals surface area (Å²) in [5.41, 5.74) is 6.08. The molecular formula is C11H26N2O2S. The topological polar surface area (TPSA) is 63.4 Å². The number of rotatable bonds is 7. The smallest absolute Gasteiger partial charge is 0.147 e. The molecule has 0 aliphatic heterocycles. The van der Waals surface area contributed by atoms with Gasteiger partial charge in [-0.3, -0.25) is 0 Å². The molecule has 0 rings (SSSR count). The van der Waals surface area contributed by atoms with E-state index < -0.39 is 9.84 Å². The first-order chi connectivity index (χ1) is 7.19. The summed E-state index contributed by atoms with van der Waals surface area (Å²) in [6.07, 6.45) is 3.65. The van der Waals surface area contributed by atoms with E-state index in [4.69, 9.17) is 5.73 Å². The van der Waals surface area contributed by atoms with Crippen LogP contribution in [0, 0.1) is 0 Å². The van der Waals surface area contributed by atoms with E-state index in [1.54, 1.807) is 0 Å². The van der Waals surface area contributed by atoms with Crippen LogP contribution in [0.2, 0.25) is 0 Å². The monoisotopic (exact) mass is 250 g/mol. The molecule has 0 aliphatic rings. The zero-order valence-corrected chi connectivity index (χ0v) is 12.0. The third kappa shape index (κ3) is 4.03. The second kappa shape index (κ2) is 5.98. The van der Waals surface area contributed by atoms with Crippen molar-refractivity contribution in [3.05, 3.63) is 0 Å². The van der Waals surface area contributed by atoms with Crippen molar-refractivity contribution in [2.45, 2.75) is 44.7 Å². The molecule has 0 bridgehead atoms. The summed E-state index contributed by atoms with van der Waals surface area (Å²) < 4.78 is 22.3. The number of nitrogens with zero attached hydrogens (tertiary/aromatic N) is 1. The Kier molecular flexibility index (Phi) is 5.93. The van der Waals surface area contributed by atoms with Crippen LogP contribution in [-0.4, -0.2) is 51.0 Å². The van der Waals surface area contributed by atoms with Crippen LogP contribution in [-0.2, 0) is 9.84 Å². The Morgan fingerprint density at radius 1 is 1.25 bits per heavy atom. The summed E-state index contributed by atoms with van der Waals surface area (Å²) >= 11 is 0. The Morgan fingerprint density at radius 3 is 1.94 bits per heavy atom. The molecule has 4 nitrogen and oxygen atoms in total. The lowest BCUT2D eigenvalue weighted by Crippen LogP contribution is -2.57. The Labute approximate surface area is 100 Å². The molecule has 0 aliphatic carbocycles. The molecule has 0 saturated heterocycles. The number of hydrogen-bond donors (Lipinski definition) is 1. The molecule has 1 atom stereocenters. The van der Waals surface area contributed by atoms with Crippen LogP contribution < -0.4 is 5.73 Å². The highest BCUT2D eigenvalue weighted by atomic mass is 32.2. The summed E-state index contributed by atoms with van der Waals surface area (Å²) in [4.78, 5) is 2.12. The maximum atomic E-state index is 11.1. The number of likely N-dealkylation sites (N-methyl/N-ethyl adjacent to an activating group) is 1. The van der Waals surface area contributed by atoms with Crippen molar-refractivity contribution < 1.29 is 8.42 Å². The molecule has 0 aromatic carbocycles. The van der Waals surface area contributed by atoms with Crippen LogP contribution in [0.25, 0.3) is 0 Å². The Balaban J connectivity index is 4.69. The number of sulfone groups is 1. The second-order valence-electron chi connectivity index (χ2n) is 4.73. The fraction of sp³-hybridized carbons (Fsp3) is 1.00. The fourth-order valence-electron chi connectivity index (χ4n) is 2.35. The van der Waals surface area contributed by atoms with Gasteiger partial charge in [0.05, 0.1) is 5.75 Å². The van der Waals surface area contributed by atoms with Crippen molar-refractivity contribution in [2.24, 2.45) is 5.73 Å². The van der Waals surface area contributed by atoms with Crippen LogP contribution in [0.4, 0.5) is 0 Å². The van der Waals surface area contributed by atoms with Gasteiger partial charge in [-0.25, -0.2) is 8.42 Å². The largest absolute Gasteiger partial charge is 0.326 e. The van der Waals surface area contributed by atoms with Crippen LogP contribution >= 0.6 is 0 Å². The average molecular weight is 250 g/mol. The average Bonchev–Trinajstić information content (AvgIpc) is 2.16. The molecule has 5 heteroatoms. The quantitative estimate of drug-likeness (QED) is 0.728. The molecule has 0 aromatic heterocycles. The molecule has 0 amide bonds. The minimum Gasteiger partial charge on any atom is -0.326 e. The van der Waals surface area contributed by atoms with E-state index in [-0.39, 0.29) is 17.3 Å². The van der Waals surface area contributed by atoms with Crippen molar-refractivity contribution in [1.82, 2.24) is 4.90 Å². The third-order valence-corrected chi connectivity index (χ3v) is 4.58. The van der Waals surface area contributed by atoms with Gasteiger partial charge < -0.3 is 10.6 Å². The van der Waals surface area contributed by atoms with E-state index in [1.807, 2.05) is 14.1 Å². The first-order valence-electron chi connectivity index (χ1n) is 5.80. The summed E-state index contributed by atoms with van der Waals surface area (Å²) in [6, 6.07) is -0.104. The Morgan fingerprint density at radius 2 is 1.69 bits per heavy atom. The van der Waals surface area contributed by atoms with E-state index >= 15 is 0 Å². The maximum absolute atomic E-state index is 11.1. The number of nitrogens with two attached hydrogens (primary N) is 1. The zero-order valence-electron chi connectivity index (χ0n) is 11.2. The predicted octanol–water partition coefficient (Wildman–Crippen LogP) is 0.869. The van der Waals surface area contributed by atoms with Gasteiger partial charge in [0.1, 0.15) is 9.84 Å². The molecular weight excluding hydrogens is 224 g/mol. The van der Waals surface area contributed by atoms with Crippen LogP contribution in [0.3, 0.4) is 0 Å². The molecule has 0 aromatic rings. The Hall–Kier alpha value is -0.130. The van der Waals surface area contributed by atoms with Gasteiger partial charge in [0.15, 0.2) is 0 Å². The minimum absolute atomic E-state index is 0.0926. The van der Waals surface area contributed by atoms with Crippen molar-refractivity contribution in [3.63, 3.8) is 0 Å². The Bertz CT molecular complexity index is 295. The highest BCUT2D eigenvalue weighted by Gasteiger charge is 2.35. The first kappa shape index (κ1) is 15.9. The first-order valence-corrected chi connectivity index (χ1v) is 7.86. The minimum atomic E-state index is -2.92. The van der Waals surface area contributed by atoms with Gasteiger partial charge in [0.25, 0.3) is 0 Å². The zero-order chi connectivity index (χ0) is 13.0. The predicted molar refractivity (Wildman–Crippen MR) is 69.3 cm³/mol. The summed E-state index contributed by atoms with van der Waals surface area (Å²) in [5, 5.41) is 0. The molecule has 0 radical (unpaired) electrons. The number of hydrogen-bond acceptors (Lipinski definition) is 4. The molecule has 16 heavy (non-hydrogen) atoms. The molecule has 0 heterocycles. The van der Waals surface area contributed by atoms with Gasteiger partial charge >= 0.3 is 0 Å². The van der Waals surface area contributed by atoms with Gasteiger partial charge in [-0.05, 0) is 33.4 Å². The normalized spacial score (nSPS) is 15.4. The van der Waals surface area contributed by atoms with E-state index in [0.717, 1.165) is 12.8 Å². The third-order valence-electron chi connectivity index (χ3n) is 3.60. The van der Waals surface area contributed by atoms with Crippen molar-refractivity contribution in [2.75, 3.05) is 26.1 Å². The van der Waals surface area contributed by atoms with E-state index in [9.17, 15) is 8.42 Å². The second-order valence-corrected chi connectivity index (χ2v) is 6.99. The van der Waals surface area contributed by atoms with Crippen molar-refractivity contribution in [3.8, 4) is 0 Å². The van der Waals surface area contributed by atoms with Crippen molar-refractivity contribution >= 4 is 9.84 Å². The molecule has 98 valence electrons. The standard InChI is InChI=1S/C11H26N2O2S/c1-6-11(7-2,13(3)4)10(12)8-9-16(5,14)15/h10H,6-9,12H2,1-5H3. The lowest BCUT2D eigenvalue weighted by atomic mass is 9.82. The lowest BCUT2D eigenvalue weighted by Gasteiger charge is -2.43. The highest BCUT2D eigenvalue weighted by Crippen LogP contribution is 2.26. The van der Waals surface area contributed by atoms with Gasteiger partial charge in [0, 0.05) is 17.8 Å². The molecule has 0 saturated carbocycles. The molecule has 1 unspecified atom stereocenters. The van der Waals surface area contributed by atoms with Gasteiger partial charge in [-0.15, -0.1) is 0 Å². The summed E-state index contributed by atoms with van der Waals surface area (Å²) in [7, 11) is 1.09. The van der Waals surface area contributed by atoms with Crippen LogP contribution in [0.15, 0.2) is 0 Å².